The Morgan fingerprint density at radius 3 is 1.17 bits per heavy atom. The summed E-state index contributed by atoms with van der Waals surface area (Å²) in [5.74, 6) is 0. The van der Waals surface area contributed by atoms with Crippen molar-refractivity contribution in [1.82, 2.24) is 0 Å². The fourth-order valence-electron chi connectivity index (χ4n) is 0. The van der Waals surface area contributed by atoms with Crippen LogP contribution in [0.3, 0.4) is 0 Å². The maximum atomic E-state index is 8.82. The zero-order valence-corrected chi connectivity index (χ0v) is 5.86. The summed E-state index contributed by atoms with van der Waals surface area (Å²) in [5.41, 5.74) is 0. The van der Waals surface area contributed by atoms with Crippen molar-refractivity contribution in [2.75, 3.05) is 0 Å². The summed E-state index contributed by atoms with van der Waals surface area (Å²) in [4.78, 5) is 0. The van der Waals surface area contributed by atoms with Crippen LogP contribution in [-0.4, -0.2) is 8.32 Å². The molecule has 0 spiro atoms. The van der Waals surface area contributed by atoms with Crippen LogP contribution in [0, 0.1) is 0 Å². The van der Waals surface area contributed by atoms with Gasteiger partial charge in [0.15, 0.2) is 0 Å². The van der Waals surface area contributed by atoms with Crippen LogP contribution in [-0.2, 0) is 43.6 Å². The second-order valence-corrected chi connectivity index (χ2v) is 1.85. The summed E-state index contributed by atoms with van der Waals surface area (Å²) < 4.78 is 31.9. The predicted molar refractivity (Wildman–Crippen MR) is 5.81 cm³/mol. The minimum absolute atomic E-state index is 0. The van der Waals surface area contributed by atoms with Gasteiger partial charge in [0.25, 0.3) is 0 Å². The van der Waals surface area contributed by atoms with Crippen LogP contribution in [0.2, 0.25) is 0 Å². The van der Waals surface area contributed by atoms with E-state index in [9.17, 15) is 0 Å². The number of hydrogen-bond donors (Lipinski definition) is 2. The van der Waals surface area contributed by atoms with E-state index in [1.807, 2.05) is 0 Å². The molecule has 0 rings (SSSR count). The molecule has 0 aromatic carbocycles. The Kier molecular flexibility index (Phi) is 4.77. The minimum atomic E-state index is -5.25. The Hall–Kier alpha value is 0.793. The predicted octanol–water partition coefficient (Wildman–Crippen LogP) is -1.36. The molecule has 0 unspecified atom stereocenters. The first-order valence-corrected chi connectivity index (χ1v) is 2.88. The van der Waals surface area contributed by atoms with Crippen LogP contribution < -0.4 is 0 Å². The van der Waals surface area contributed by atoms with E-state index in [-0.39, 0.29) is 22.4 Å². The van der Waals surface area contributed by atoms with Gasteiger partial charge in [0.1, 0.15) is 0 Å². The molecule has 0 aromatic rings. The average molecular weight is 315 g/mol. The topological polar surface area (TPSA) is 74.6 Å². The van der Waals surface area contributed by atoms with Crippen LogP contribution >= 0.6 is 0 Å². The standard InChI is InChI=1S/Au.Cr.2H2O.2O/h;;2*1H2;;/q;+2;;;;/p-2. The van der Waals surface area contributed by atoms with Gasteiger partial charge in [-0.25, -0.2) is 0 Å². The molecular weight excluding hydrogens is 313 g/mol. The van der Waals surface area contributed by atoms with Gasteiger partial charge in [-0.3, -0.25) is 0 Å². The van der Waals surface area contributed by atoms with Gasteiger partial charge in [-0.15, -0.1) is 0 Å². The first-order chi connectivity index (χ1) is 2.00. The van der Waals surface area contributed by atoms with Crippen molar-refractivity contribution < 1.29 is 51.9 Å². The molecule has 0 aromatic heterocycles. The van der Waals surface area contributed by atoms with E-state index in [0.717, 1.165) is 0 Å². The first-order valence-electron chi connectivity index (χ1n) is 0.698. The van der Waals surface area contributed by atoms with Gasteiger partial charge in [0.05, 0.1) is 0 Å². The molecule has 0 aliphatic rings. The van der Waals surface area contributed by atoms with Gasteiger partial charge < -0.3 is 0 Å². The molecule has 1 radical (unpaired) electrons. The Morgan fingerprint density at radius 2 is 1.17 bits per heavy atom. The molecule has 43 valence electrons. The van der Waals surface area contributed by atoms with Crippen molar-refractivity contribution in [3.8, 4) is 0 Å². The fraction of sp³-hybridized carbons (Fsp3) is 0. The molecule has 0 aliphatic carbocycles. The van der Waals surface area contributed by atoms with Crippen molar-refractivity contribution in [1.29, 1.82) is 0 Å². The summed E-state index contributed by atoms with van der Waals surface area (Å²) in [5, 5.41) is 0. The van der Waals surface area contributed by atoms with Crippen LogP contribution in [0.4, 0.5) is 0 Å². The number of rotatable bonds is 0. The summed E-state index contributed by atoms with van der Waals surface area (Å²) in [6.07, 6.45) is 0. The molecule has 0 saturated heterocycles. The van der Waals surface area contributed by atoms with E-state index >= 15 is 0 Å². The third kappa shape index (κ3) is 110. The van der Waals surface area contributed by atoms with Crippen LogP contribution in [0.1, 0.15) is 0 Å². The van der Waals surface area contributed by atoms with Gasteiger partial charge in [-0.05, 0) is 0 Å². The molecule has 0 heterocycles. The second kappa shape index (κ2) is 2.88. The second-order valence-electron chi connectivity index (χ2n) is 0.448. The third-order valence-corrected chi connectivity index (χ3v) is 0. The summed E-state index contributed by atoms with van der Waals surface area (Å²) in [6, 6.07) is 0. The molecule has 6 heteroatoms. The molecule has 0 aliphatic heterocycles. The molecule has 0 amide bonds. The first kappa shape index (κ1) is 9.92. The Balaban J connectivity index is 0. The van der Waals surface area contributed by atoms with Gasteiger partial charge in [0.2, 0.25) is 0 Å². The van der Waals surface area contributed by atoms with Crippen LogP contribution in [0.5, 0.6) is 0 Å². The number of hydrogen-bond acceptors (Lipinski definition) is 2. The normalized spacial score (nSPS) is 9.67. The molecule has 0 fully saturated rings. The van der Waals surface area contributed by atoms with E-state index in [2.05, 4.69) is 0 Å². The van der Waals surface area contributed by atoms with E-state index in [1.165, 1.54) is 0 Å². The molecule has 6 heavy (non-hydrogen) atoms. The Labute approximate surface area is 52.1 Å². The van der Waals surface area contributed by atoms with E-state index in [1.54, 1.807) is 0 Å². The molecule has 0 atom stereocenters. The van der Waals surface area contributed by atoms with E-state index in [4.69, 9.17) is 15.9 Å². The van der Waals surface area contributed by atoms with E-state index < -0.39 is 13.6 Å². The maximum absolute atomic E-state index is 8.82. The molecule has 0 saturated carbocycles. The van der Waals surface area contributed by atoms with Gasteiger partial charge >= 0.3 is 29.5 Å². The van der Waals surface area contributed by atoms with Crippen LogP contribution in [0.15, 0.2) is 0 Å². The molecule has 4 nitrogen and oxygen atoms in total. The summed E-state index contributed by atoms with van der Waals surface area (Å²) >= 11 is -5.25. The summed E-state index contributed by atoms with van der Waals surface area (Å²) in [6.45, 7) is 0. The van der Waals surface area contributed by atoms with Crippen molar-refractivity contribution in [2.45, 2.75) is 0 Å². The zero-order valence-electron chi connectivity index (χ0n) is 2.42. The van der Waals surface area contributed by atoms with Gasteiger partial charge in [-0.2, -0.15) is 0 Å². The SMILES string of the molecule is [Au].[O]=[Cr](=[O])([OH])[OH]. The monoisotopic (exact) mass is 315 g/mol. The average Bonchev–Trinajstić information content (AvgIpc) is 0.722. The van der Waals surface area contributed by atoms with Crippen molar-refractivity contribution in [3.05, 3.63) is 0 Å². The van der Waals surface area contributed by atoms with Crippen molar-refractivity contribution >= 4 is 0 Å². The van der Waals surface area contributed by atoms with Crippen molar-refractivity contribution in [2.24, 2.45) is 0 Å². The Morgan fingerprint density at radius 1 is 1.17 bits per heavy atom. The Bertz CT molecular complexity index is 90.7. The van der Waals surface area contributed by atoms with E-state index in [0.29, 0.717) is 0 Å². The van der Waals surface area contributed by atoms with Gasteiger partial charge in [-0.1, -0.05) is 0 Å². The molecule has 0 bridgehead atoms. The molecule has 2 N–H and O–H groups in total. The van der Waals surface area contributed by atoms with Crippen molar-refractivity contribution in [3.63, 3.8) is 0 Å². The fourth-order valence-corrected chi connectivity index (χ4v) is 0. The van der Waals surface area contributed by atoms with Gasteiger partial charge in [0, 0.05) is 22.4 Å². The molecular formula is H2AuCrO4. The quantitative estimate of drug-likeness (QED) is 0.542. The zero-order chi connectivity index (χ0) is 4.50. The third-order valence-electron chi connectivity index (χ3n) is 0. The van der Waals surface area contributed by atoms with Crippen LogP contribution in [0.25, 0.3) is 0 Å². The summed E-state index contributed by atoms with van der Waals surface area (Å²) in [7, 11) is 0.